The Morgan fingerprint density at radius 3 is 2.69 bits per heavy atom. The zero-order valence-electron chi connectivity index (χ0n) is 17.8. The summed E-state index contributed by atoms with van der Waals surface area (Å²) in [7, 11) is 1.44. The number of halogens is 1. The van der Waals surface area contributed by atoms with Gasteiger partial charge >= 0.3 is 0 Å². The quantitative estimate of drug-likeness (QED) is 0.709. The molecule has 2 aromatic carbocycles. The van der Waals surface area contributed by atoms with Crippen LogP contribution in [0, 0.1) is 0 Å². The molecule has 0 spiro atoms. The highest BCUT2D eigenvalue weighted by Crippen LogP contribution is 2.40. The van der Waals surface area contributed by atoms with Gasteiger partial charge in [0.2, 0.25) is 0 Å². The van der Waals surface area contributed by atoms with Gasteiger partial charge < -0.3 is 29.6 Å². The van der Waals surface area contributed by atoms with Gasteiger partial charge in [-0.05, 0) is 42.7 Å². The predicted octanol–water partition coefficient (Wildman–Crippen LogP) is 3.35. The number of rotatable bonds is 6. The van der Waals surface area contributed by atoms with Crippen LogP contribution in [0.4, 0.5) is 0 Å². The minimum absolute atomic E-state index is 0.0878. The van der Waals surface area contributed by atoms with Crippen molar-refractivity contribution in [1.29, 1.82) is 0 Å². The second-order valence-corrected chi connectivity index (χ2v) is 8.06. The van der Waals surface area contributed by atoms with E-state index in [-0.39, 0.29) is 35.1 Å². The Morgan fingerprint density at radius 2 is 1.94 bits per heavy atom. The van der Waals surface area contributed by atoms with Crippen LogP contribution in [0.3, 0.4) is 0 Å². The Kier molecular flexibility index (Phi) is 6.60. The minimum Gasteiger partial charge on any atom is -0.493 e. The SMILES string of the molecule is COc1cc(C(=O)N2CCC[C@@H]2c2ccc3c(c2)OCCCO3)cc(Cl)c1OCC(N)=O. The summed E-state index contributed by atoms with van der Waals surface area (Å²) in [4.78, 5) is 26.3. The van der Waals surface area contributed by atoms with Gasteiger partial charge in [0.15, 0.2) is 29.6 Å². The van der Waals surface area contributed by atoms with Crippen molar-refractivity contribution in [3.05, 3.63) is 46.5 Å². The summed E-state index contributed by atoms with van der Waals surface area (Å²) < 4.78 is 22.2. The number of hydrogen-bond acceptors (Lipinski definition) is 6. The minimum atomic E-state index is -0.640. The summed E-state index contributed by atoms with van der Waals surface area (Å²) in [6.45, 7) is 1.51. The highest BCUT2D eigenvalue weighted by molar-refractivity contribution is 6.32. The Balaban J connectivity index is 1.59. The maximum Gasteiger partial charge on any atom is 0.255 e. The van der Waals surface area contributed by atoms with Gasteiger partial charge in [-0.15, -0.1) is 0 Å². The zero-order chi connectivity index (χ0) is 22.7. The first kappa shape index (κ1) is 22.1. The van der Waals surface area contributed by atoms with Crippen LogP contribution in [0.1, 0.15) is 41.2 Å². The summed E-state index contributed by atoms with van der Waals surface area (Å²) in [6.07, 6.45) is 2.56. The van der Waals surface area contributed by atoms with E-state index < -0.39 is 5.91 Å². The molecule has 2 aliphatic heterocycles. The van der Waals surface area contributed by atoms with Crippen LogP contribution in [0.2, 0.25) is 5.02 Å². The number of benzene rings is 2. The zero-order valence-corrected chi connectivity index (χ0v) is 18.5. The third kappa shape index (κ3) is 4.55. The number of nitrogens with two attached hydrogens (primary N) is 1. The highest BCUT2D eigenvalue weighted by Gasteiger charge is 2.32. The third-order valence-corrected chi connectivity index (χ3v) is 5.79. The lowest BCUT2D eigenvalue weighted by Crippen LogP contribution is -2.30. The molecule has 1 saturated heterocycles. The lowest BCUT2D eigenvalue weighted by molar-refractivity contribution is -0.119. The Morgan fingerprint density at radius 1 is 1.16 bits per heavy atom. The summed E-state index contributed by atoms with van der Waals surface area (Å²) in [5.41, 5.74) is 6.51. The van der Waals surface area contributed by atoms with E-state index in [1.54, 1.807) is 6.07 Å². The van der Waals surface area contributed by atoms with E-state index in [9.17, 15) is 9.59 Å². The highest BCUT2D eigenvalue weighted by atomic mass is 35.5. The number of nitrogens with zero attached hydrogens (tertiary/aromatic N) is 1. The molecule has 9 heteroatoms. The molecular weight excluding hydrogens is 436 g/mol. The van der Waals surface area contributed by atoms with E-state index in [0.717, 1.165) is 30.6 Å². The molecule has 2 aromatic rings. The number of ether oxygens (including phenoxy) is 4. The van der Waals surface area contributed by atoms with Gasteiger partial charge in [-0.3, -0.25) is 9.59 Å². The van der Waals surface area contributed by atoms with Gasteiger partial charge in [0.1, 0.15) is 0 Å². The van der Waals surface area contributed by atoms with Crippen molar-refractivity contribution in [2.75, 3.05) is 33.5 Å². The van der Waals surface area contributed by atoms with Gasteiger partial charge in [-0.2, -0.15) is 0 Å². The first-order valence-electron chi connectivity index (χ1n) is 10.5. The monoisotopic (exact) mass is 460 g/mol. The standard InChI is InChI=1S/C23H25ClN2O6/c1-29-20-12-15(10-16(24)22(20)32-13-21(25)27)23(28)26-7-2-4-17(26)14-5-6-18-19(11-14)31-9-3-8-30-18/h5-6,10-12,17H,2-4,7-9,13H2,1H3,(H2,25,27)/t17-/m1/s1. The van der Waals surface area contributed by atoms with Crippen LogP contribution < -0.4 is 24.7 Å². The molecule has 4 rings (SSSR count). The summed E-state index contributed by atoms with van der Waals surface area (Å²) >= 11 is 6.34. The Labute approximate surface area is 191 Å². The molecule has 0 saturated carbocycles. The smallest absolute Gasteiger partial charge is 0.255 e. The number of carbonyl (C=O) groups excluding carboxylic acids is 2. The first-order valence-corrected chi connectivity index (χ1v) is 10.8. The van der Waals surface area contributed by atoms with Crippen molar-refractivity contribution in [1.82, 2.24) is 4.90 Å². The average Bonchev–Trinajstić information content (AvgIpc) is 3.15. The van der Waals surface area contributed by atoms with Crippen molar-refractivity contribution in [2.45, 2.75) is 25.3 Å². The van der Waals surface area contributed by atoms with Gasteiger partial charge in [-0.25, -0.2) is 0 Å². The molecule has 0 radical (unpaired) electrons. The fourth-order valence-electron chi connectivity index (χ4n) is 4.04. The van der Waals surface area contributed by atoms with Crippen LogP contribution in [0.15, 0.2) is 30.3 Å². The van der Waals surface area contributed by atoms with E-state index in [2.05, 4.69) is 0 Å². The predicted molar refractivity (Wildman–Crippen MR) is 118 cm³/mol. The molecule has 32 heavy (non-hydrogen) atoms. The largest absolute Gasteiger partial charge is 0.493 e. The van der Waals surface area contributed by atoms with Crippen LogP contribution in [-0.4, -0.2) is 50.2 Å². The average molecular weight is 461 g/mol. The number of likely N-dealkylation sites (tertiary alicyclic amines) is 1. The molecule has 0 aromatic heterocycles. The molecule has 1 fully saturated rings. The van der Waals surface area contributed by atoms with E-state index in [1.807, 2.05) is 23.1 Å². The molecule has 0 bridgehead atoms. The molecule has 1 atom stereocenters. The normalized spacial score (nSPS) is 17.6. The molecule has 2 aliphatic rings. The Bertz CT molecular complexity index is 1030. The molecule has 0 aliphatic carbocycles. The summed E-state index contributed by atoms with van der Waals surface area (Å²) in [5, 5.41) is 0.167. The van der Waals surface area contributed by atoms with Gasteiger partial charge in [0.25, 0.3) is 11.8 Å². The number of carbonyl (C=O) groups is 2. The maximum atomic E-state index is 13.4. The van der Waals surface area contributed by atoms with E-state index in [4.69, 9.17) is 36.3 Å². The summed E-state index contributed by atoms with van der Waals surface area (Å²) in [6, 6.07) is 8.85. The van der Waals surface area contributed by atoms with Crippen LogP contribution in [-0.2, 0) is 4.79 Å². The second kappa shape index (κ2) is 9.56. The number of methoxy groups -OCH3 is 1. The van der Waals surface area contributed by atoms with Crippen LogP contribution >= 0.6 is 11.6 Å². The molecular formula is C23H25ClN2O6. The lowest BCUT2D eigenvalue weighted by Gasteiger charge is -2.26. The molecule has 2 heterocycles. The summed E-state index contributed by atoms with van der Waals surface area (Å²) in [5.74, 6) is 1.06. The molecule has 2 amide bonds. The van der Waals surface area contributed by atoms with Crippen molar-refractivity contribution in [2.24, 2.45) is 5.73 Å². The van der Waals surface area contributed by atoms with Crippen LogP contribution in [0.5, 0.6) is 23.0 Å². The van der Waals surface area contributed by atoms with Crippen molar-refractivity contribution < 1.29 is 28.5 Å². The van der Waals surface area contributed by atoms with E-state index in [1.165, 1.54) is 13.2 Å². The fraction of sp³-hybridized carbons (Fsp3) is 0.391. The molecule has 8 nitrogen and oxygen atoms in total. The fourth-order valence-corrected chi connectivity index (χ4v) is 4.30. The molecule has 2 N–H and O–H groups in total. The Hall–Kier alpha value is -3.13. The first-order chi connectivity index (χ1) is 15.5. The van der Waals surface area contributed by atoms with Gasteiger partial charge in [0, 0.05) is 18.5 Å². The van der Waals surface area contributed by atoms with Crippen molar-refractivity contribution in [3.8, 4) is 23.0 Å². The molecule has 170 valence electrons. The van der Waals surface area contributed by atoms with Crippen LogP contribution in [0.25, 0.3) is 0 Å². The number of fused-ring (bicyclic) bond motifs is 1. The maximum absolute atomic E-state index is 13.4. The number of hydrogen-bond donors (Lipinski definition) is 1. The van der Waals surface area contributed by atoms with Crippen molar-refractivity contribution in [3.63, 3.8) is 0 Å². The van der Waals surface area contributed by atoms with Crippen molar-refractivity contribution >= 4 is 23.4 Å². The second-order valence-electron chi connectivity index (χ2n) is 7.66. The lowest BCUT2D eigenvalue weighted by atomic mass is 10.0. The number of amides is 2. The van der Waals surface area contributed by atoms with Gasteiger partial charge in [-0.1, -0.05) is 17.7 Å². The number of primary amides is 1. The van der Waals surface area contributed by atoms with Gasteiger partial charge in [0.05, 0.1) is 31.4 Å². The molecule has 0 unspecified atom stereocenters. The topological polar surface area (TPSA) is 100 Å². The third-order valence-electron chi connectivity index (χ3n) is 5.51. The van der Waals surface area contributed by atoms with E-state index in [0.29, 0.717) is 31.1 Å². The van der Waals surface area contributed by atoms with E-state index >= 15 is 0 Å².